The maximum Gasteiger partial charge on any atom is 0.253 e. The van der Waals surface area contributed by atoms with Gasteiger partial charge in [0, 0.05) is 12.6 Å². The van der Waals surface area contributed by atoms with Crippen molar-refractivity contribution in [3.8, 4) is 5.75 Å². The molecule has 1 N–H and O–H groups in total. The van der Waals surface area contributed by atoms with Gasteiger partial charge in [0.2, 0.25) is 0 Å². The number of likely N-dealkylation sites (N-methyl/N-ethyl adjacent to an activating group) is 1. The molecular weight excluding hydrogens is 192 g/mol. The van der Waals surface area contributed by atoms with Crippen LogP contribution < -0.4 is 15.2 Å². The van der Waals surface area contributed by atoms with Gasteiger partial charge in [-0.25, -0.2) is 0 Å². The van der Waals surface area contributed by atoms with E-state index in [1.807, 2.05) is 31.9 Å². The lowest BCUT2D eigenvalue weighted by molar-refractivity contribution is 0.308. The Morgan fingerprint density at radius 2 is 2.27 bits per heavy atom. The second-order valence-corrected chi connectivity index (χ2v) is 4.19. The Kier molecular flexibility index (Phi) is 2.42. The van der Waals surface area contributed by atoms with Gasteiger partial charge in [-0.1, -0.05) is 13.8 Å². The van der Waals surface area contributed by atoms with E-state index in [1.165, 1.54) is 0 Å². The number of ether oxygens (including phenoxy) is 1. The molecule has 0 amide bonds. The van der Waals surface area contributed by atoms with Gasteiger partial charge in [0.05, 0.1) is 6.54 Å². The lowest BCUT2D eigenvalue weighted by atomic mass is 10.1. The van der Waals surface area contributed by atoms with Crippen molar-refractivity contribution in [3.63, 3.8) is 0 Å². The fraction of sp³-hybridized carbons (Fsp3) is 0.545. The average molecular weight is 208 g/mol. The number of pyridine rings is 1. The van der Waals surface area contributed by atoms with E-state index in [9.17, 15) is 4.79 Å². The molecule has 1 aliphatic heterocycles. The molecule has 15 heavy (non-hydrogen) atoms. The highest BCUT2D eigenvalue weighted by Gasteiger charge is 2.18. The van der Waals surface area contributed by atoms with Crippen LogP contribution in [-0.2, 0) is 0 Å². The third-order valence-corrected chi connectivity index (χ3v) is 2.70. The second kappa shape index (κ2) is 3.61. The molecular formula is C11H16N2O2. The number of nitrogens with zero attached hydrogens (tertiary/aromatic N) is 1. The number of aromatic amines is 1. The van der Waals surface area contributed by atoms with Gasteiger partial charge in [-0.2, -0.15) is 0 Å². The first kappa shape index (κ1) is 10.1. The third kappa shape index (κ3) is 1.71. The third-order valence-electron chi connectivity index (χ3n) is 2.70. The first-order chi connectivity index (χ1) is 7.09. The Balaban J connectivity index is 2.54. The van der Waals surface area contributed by atoms with Gasteiger partial charge in [-0.3, -0.25) is 4.79 Å². The molecule has 0 aromatic carbocycles. The molecule has 4 heteroatoms. The van der Waals surface area contributed by atoms with Crippen LogP contribution in [-0.4, -0.2) is 25.2 Å². The molecule has 0 saturated carbocycles. The predicted octanol–water partition coefficient (Wildman–Crippen LogP) is 1.33. The van der Waals surface area contributed by atoms with Crippen molar-refractivity contribution in [2.75, 3.05) is 25.1 Å². The molecule has 0 atom stereocenters. The van der Waals surface area contributed by atoms with Crippen molar-refractivity contribution in [1.82, 2.24) is 4.98 Å². The van der Waals surface area contributed by atoms with E-state index in [0.717, 1.165) is 23.7 Å². The number of anilines is 1. The van der Waals surface area contributed by atoms with Crippen LogP contribution >= 0.6 is 0 Å². The number of rotatable bonds is 1. The molecule has 0 unspecified atom stereocenters. The van der Waals surface area contributed by atoms with E-state index in [1.54, 1.807) is 0 Å². The summed E-state index contributed by atoms with van der Waals surface area (Å²) in [6.45, 7) is 5.49. The number of fused-ring (bicyclic) bond motifs is 1. The van der Waals surface area contributed by atoms with Crippen molar-refractivity contribution in [2.24, 2.45) is 0 Å². The monoisotopic (exact) mass is 208 g/mol. The highest BCUT2D eigenvalue weighted by molar-refractivity contribution is 5.54. The minimum Gasteiger partial charge on any atom is -0.488 e. The van der Waals surface area contributed by atoms with Gasteiger partial charge >= 0.3 is 0 Å². The van der Waals surface area contributed by atoms with E-state index >= 15 is 0 Å². The van der Waals surface area contributed by atoms with Crippen molar-refractivity contribution < 1.29 is 4.74 Å². The summed E-state index contributed by atoms with van der Waals surface area (Å²) in [5.41, 5.74) is 0.769. The Labute approximate surface area is 88.9 Å². The fourth-order valence-electron chi connectivity index (χ4n) is 1.74. The standard InChI is InChI=1S/C11H16N2O2/c1-7(2)8-6-9-10(12-11(8)14)13(3)4-5-15-9/h6-7H,4-5H2,1-3H3,(H,12,14). The number of aromatic nitrogens is 1. The first-order valence-corrected chi connectivity index (χ1v) is 5.20. The lowest BCUT2D eigenvalue weighted by Gasteiger charge is -2.27. The van der Waals surface area contributed by atoms with E-state index < -0.39 is 0 Å². The van der Waals surface area contributed by atoms with Crippen LogP contribution in [0.4, 0.5) is 5.82 Å². The van der Waals surface area contributed by atoms with Crippen LogP contribution in [0, 0.1) is 0 Å². The average Bonchev–Trinajstić information content (AvgIpc) is 2.18. The summed E-state index contributed by atoms with van der Waals surface area (Å²) in [6.07, 6.45) is 0. The number of nitrogens with one attached hydrogen (secondary N) is 1. The summed E-state index contributed by atoms with van der Waals surface area (Å²) >= 11 is 0. The molecule has 82 valence electrons. The Morgan fingerprint density at radius 3 is 2.93 bits per heavy atom. The van der Waals surface area contributed by atoms with Gasteiger partial charge in [-0.15, -0.1) is 0 Å². The molecule has 0 saturated heterocycles. The SMILES string of the molecule is CC(C)c1cc2c([nH]c1=O)N(C)CCO2. The number of hydrogen-bond donors (Lipinski definition) is 1. The molecule has 0 aliphatic carbocycles. The van der Waals surface area contributed by atoms with E-state index in [4.69, 9.17) is 4.74 Å². The van der Waals surface area contributed by atoms with Crippen molar-refractivity contribution in [2.45, 2.75) is 19.8 Å². The molecule has 2 rings (SSSR count). The molecule has 2 heterocycles. The summed E-state index contributed by atoms with van der Waals surface area (Å²) < 4.78 is 5.53. The van der Waals surface area contributed by atoms with Gasteiger partial charge in [0.25, 0.3) is 5.56 Å². The summed E-state index contributed by atoms with van der Waals surface area (Å²) in [4.78, 5) is 16.6. The molecule has 0 bridgehead atoms. The second-order valence-electron chi connectivity index (χ2n) is 4.19. The number of hydrogen-bond acceptors (Lipinski definition) is 3. The molecule has 1 aromatic heterocycles. The summed E-state index contributed by atoms with van der Waals surface area (Å²) in [5.74, 6) is 1.79. The summed E-state index contributed by atoms with van der Waals surface area (Å²) in [5, 5.41) is 0. The Bertz CT molecular complexity index is 423. The predicted molar refractivity (Wildman–Crippen MR) is 59.9 cm³/mol. The number of H-pyrrole nitrogens is 1. The van der Waals surface area contributed by atoms with Crippen LogP contribution in [0.15, 0.2) is 10.9 Å². The van der Waals surface area contributed by atoms with Crippen LogP contribution in [0.25, 0.3) is 0 Å². The van der Waals surface area contributed by atoms with E-state index in [-0.39, 0.29) is 11.5 Å². The highest BCUT2D eigenvalue weighted by atomic mass is 16.5. The van der Waals surface area contributed by atoms with Gasteiger partial charge in [0.15, 0.2) is 11.6 Å². The Hall–Kier alpha value is -1.45. The molecule has 1 aliphatic rings. The van der Waals surface area contributed by atoms with Gasteiger partial charge in [-0.05, 0) is 12.0 Å². The minimum absolute atomic E-state index is 0.0129. The normalized spacial score (nSPS) is 15.1. The zero-order valence-corrected chi connectivity index (χ0v) is 9.33. The van der Waals surface area contributed by atoms with E-state index in [2.05, 4.69) is 4.98 Å². The van der Waals surface area contributed by atoms with Crippen molar-refractivity contribution in [3.05, 3.63) is 22.0 Å². The molecule has 0 radical (unpaired) electrons. The van der Waals surface area contributed by atoms with Gasteiger partial charge in [0.1, 0.15) is 6.61 Å². The van der Waals surface area contributed by atoms with E-state index in [0.29, 0.717) is 6.61 Å². The highest BCUT2D eigenvalue weighted by Crippen LogP contribution is 2.28. The van der Waals surface area contributed by atoms with Crippen LogP contribution in [0.1, 0.15) is 25.3 Å². The molecule has 4 nitrogen and oxygen atoms in total. The summed E-state index contributed by atoms with van der Waals surface area (Å²) in [7, 11) is 1.95. The van der Waals surface area contributed by atoms with Crippen molar-refractivity contribution in [1.29, 1.82) is 0 Å². The molecule has 1 aromatic rings. The topological polar surface area (TPSA) is 45.3 Å². The summed E-state index contributed by atoms with van der Waals surface area (Å²) in [6, 6.07) is 1.86. The lowest BCUT2D eigenvalue weighted by Crippen LogP contribution is -2.32. The zero-order valence-electron chi connectivity index (χ0n) is 9.33. The minimum atomic E-state index is -0.0129. The fourth-order valence-corrected chi connectivity index (χ4v) is 1.74. The zero-order chi connectivity index (χ0) is 11.0. The maximum absolute atomic E-state index is 11.7. The van der Waals surface area contributed by atoms with Crippen molar-refractivity contribution >= 4 is 5.82 Å². The largest absolute Gasteiger partial charge is 0.488 e. The first-order valence-electron chi connectivity index (χ1n) is 5.20. The van der Waals surface area contributed by atoms with Crippen LogP contribution in [0.5, 0.6) is 5.75 Å². The maximum atomic E-state index is 11.7. The van der Waals surface area contributed by atoms with Crippen LogP contribution in [0.3, 0.4) is 0 Å². The van der Waals surface area contributed by atoms with Gasteiger partial charge < -0.3 is 14.6 Å². The quantitative estimate of drug-likeness (QED) is 0.757. The molecule has 0 fully saturated rings. The smallest absolute Gasteiger partial charge is 0.253 e. The van der Waals surface area contributed by atoms with Crippen LogP contribution in [0.2, 0.25) is 0 Å². The Morgan fingerprint density at radius 1 is 1.53 bits per heavy atom. The molecule has 0 spiro atoms.